The van der Waals surface area contributed by atoms with Crippen LogP contribution in [0.25, 0.3) is 11.0 Å². The summed E-state index contributed by atoms with van der Waals surface area (Å²) in [4.78, 5) is 27.7. The van der Waals surface area contributed by atoms with Gasteiger partial charge < -0.3 is 14.1 Å². The quantitative estimate of drug-likeness (QED) is 0.706. The second kappa shape index (κ2) is 6.27. The molecular weight excluding hydrogens is 342 g/mol. The number of hydrogen-bond acceptors (Lipinski definition) is 4. The molecule has 0 radical (unpaired) electrons. The van der Waals surface area contributed by atoms with Crippen molar-refractivity contribution in [2.75, 3.05) is 13.7 Å². The van der Waals surface area contributed by atoms with Crippen molar-refractivity contribution in [3.05, 3.63) is 74.6 Å². The molecule has 3 aromatic rings. The van der Waals surface area contributed by atoms with Crippen LogP contribution in [0.5, 0.6) is 5.75 Å². The van der Waals surface area contributed by atoms with Crippen molar-refractivity contribution in [2.24, 2.45) is 0 Å². The van der Waals surface area contributed by atoms with Gasteiger partial charge in [0.2, 0.25) is 5.76 Å². The molecule has 1 amide bonds. The first-order valence-corrected chi connectivity index (χ1v) is 9.00. The first kappa shape index (κ1) is 17.3. The van der Waals surface area contributed by atoms with Gasteiger partial charge in [0.05, 0.1) is 23.6 Å². The Morgan fingerprint density at radius 3 is 2.59 bits per heavy atom. The van der Waals surface area contributed by atoms with Crippen molar-refractivity contribution in [3.63, 3.8) is 0 Å². The van der Waals surface area contributed by atoms with Gasteiger partial charge in [0, 0.05) is 7.05 Å². The Bertz CT molecular complexity index is 1130. The van der Waals surface area contributed by atoms with Crippen LogP contribution in [0.2, 0.25) is 0 Å². The number of ether oxygens (including phenoxy) is 1. The maximum Gasteiger partial charge on any atom is 0.290 e. The highest BCUT2D eigenvalue weighted by Gasteiger charge is 2.40. The first-order chi connectivity index (χ1) is 12.9. The summed E-state index contributed by atoms with van der Waals surface area (Å²) in [7, 11) is 1.69. The molecular formula is C22H21NO4. The zero-order valence-corrected chi connectivity index (χ0v) is 15.8. The van der Waals surface area contributed by atoms with E-state index < -0.39 is 6.04 Å². The third-order valence-electron chi connectivity index (χ3n) is 5.20. The zero-order valence-electron chi connectivity index (χ0n) is 15.8. The van der Waals surface area contributed by atoms with Crippen LogP contribution < -0.4 is 10.2 Å². The molecule has 2 heterocycles. The number of fused-ring (bicyclic) bond motifs is 2. The lowest BCUT2D eigenvalue weighted by Crippen LogP contribution is -2.25. The normalized spacial score (nSPS) is 16.1. The van der Waals surface area contributed by atoms with Crippen LogP contribution in [0.15, 0.2) is 45.6 Å². The zero-order chi connectivity index (χ0) is 19.3. The minimum absolute atomic E-state index is 0.130. The van der Waals surface area contributed by atoms with Gasteiger partial charge in [0.1, 0.15) is 11.3 Å². The summed E-state index contributed by atoms with van der Waals surface area (Å²) >= 11 is 0. The molecule has 1 aliphatic heterocycles. The SMILES string of the molecule is CCOc1cccc(C2c3c(oc4cc(C)c(C)cc4c3=O)C(=O)N2C)c1. The van der Waals surface area contributed by atoms with Crippen molar-refractivity contribution in [1.82, 2.24) is 4.90 Å². The summed E-state index contributed by atoms with van der Waals surface area (Å²) in [5, 5.41) is 0.505. The highest BCUT2D eigenvalue weighted by molar-refractivity contribution is 5.99. The number of nitrogens with zero attached hydrogens (tertiary/aromatic N) is 1. The van der Waals surface area contributed by atoms with E-state index in [0.29, 0.717) is 28.9 Å². The molecule has 1 atom stereocenters. The molecule has 1 aromatic heterocycles. The number of aryl methyl sites for hydroxylation is 2. The molecule has 0 bridgehead atoms. The third kappa shape index (κ3) is 2.62. The molecule has 0 aliphatic carbocycles. The van der Waals surface area contributed by atoms with E-state index in [-0.39, 0.29) is 17.1 Å². The number of hydrogen-bond donors (Lipinski definition) is 0. The molecule has 0 spiro atoms. The van der Waals surface area contributed by atoms with E-state index in [0.717, 1.165) is 16.7 Å². The number of rotatable bonds is 3. The van der Waals surface area contributed by atoms with Gasteiger partial charge in [-0.3, -0.25) is 9.59 Å². The molecule has 0 saturated carbocycles. The van der Waals surface area contributed by atoms with Crippen molar-refractivity contribution >= 4 is 16.9 Å². The van der Waals surface area contributed by atoms with Gasteiger partial charge in [-0.05, 0) is 61.7 Å². The molecule has 138 valence electrons. The topological polar surface area (TPSA) is 59.8 Å². The fourth-order valence-corrected chi connectivity index (χ4v) is 3.67. The van der Waals surface area contributed by atoms with Gasteiger partial charge in [0.25, 0.3) is 5.91 Å². The van der Waals surface area contributed by atoms with Crippen LogP contribution in [-0.2, 0) is 0 Å². The van der Waals surface area contributed by atoms with E-state index in [4.69, 9.17) is 9.15 Å². The molecule has 0 N–H and O–H groups in total. The van der Waals surface area contributed by atoms with Crippen LogP contribution >= 0.6 is 0 Å². The maximum atomic E-state index is 13.3. The molecule has 4 rings (SSSR count). The highest BCUT2D eigenvalue weighted by atomic mass is 16.5. The van der Waals surface area contributed by atoms with Crippen molar-refractivity contribution < 1.29 is 13.9 Å². The van der Waals surface area contributed by atoms with E-state index in [9.17, 15) is 9.59 Å². The lowest BCUT2D eigenvalue weighted by atomic mass is 9.97. The fourth-order valence-electron chi connectivity index (χ4n) is 3.67. The number of benzene rings is 2. The Balaban J connectivity index is 1.97. The van der Waals surface area contributed by atoms with E-state index in [1.54, 1.807) is 11.9 Å². The summed E-state index contributed by atoms with van der Waals surface area (Å²) in [5.74, 6) is 0.556. The second-order valence-corrected chi connectivity index (χ2v) is 6.93. The summed E-state index contributed by atoms with van der Waals surface area (Å²) in [6.45, 7) is 6.38. The van der Waals surface area contributed by atoms with Gasteiger partial charge in [-0.25, -0.2) is 0 Å². The van der Waals surface area contributed by atoms with Crippen LogP contribution in [-0.4, -0.2) is 24.5 Å². The standard InChI is InChI=1S/C22H21NO4/c1-5-26-15-8-6-7-14(11-15)19-18-20(24)16-9-12(2)13(3)10-17(16)27-21(18)22(25)23(19)4/h6-11,19H,5H2,1-4H3. The number of amides is 1. The highest BCUT2D eigenvalue weighted by Crippen LogP contribution is 2.38. The van der Waals surface area contributed by atoms with Crippen LogP contribution in [0.4, 0.5) is 0 Å². The summed E-state index contributed by atoms with van der Waals surface area (Å²) in [6.07, 6.45) is 0. The summed E-state index contributed by atoms with van der Waals surface area (Å²) in [6, 6.07) is 10.7. The van der Waals surface area contributed by atoms with Gasteiger partial charge in [-0.15, -0.1) is 0 Å². The lowest BCUT2D eigenvalue weighted by Gasteiger charge is -2.20. The molecule has 2 aromatic carbocycles. The Kier molecular flexibility index (Phi) is 4.02. The average molecular weight is 363 g/mol. The van der Waals surface area contributed by atoms with E-state index in [1.807, 2.05) is 57.2 Å². The van der Waals surface area contributed by atoms with Crippen molar-refractivity contribution in [3.8, 4) is 5.75 Å². The lowest BCUT2D eigenvalue weighted by molar-refractivity contribution is 0.0771. The van der Waals surface area contributed by atoms with E-state index in [2.05, 4.69) is 0 Å². The Morgan fingerprint density at radius 2 is 1.85 bits per heavy atom. The molecule has 5 heteroatoms. The Labute approximate surface area is 157 Å². The van der Waals surface area contributed by atoms with Crippen molar-refractivity contribution in [2.45, 2.75) is 26.8 Å². The second-order valence-electron chi connectivity index (χ2n) is 6.93. The maximum absolute atomic E-state index is 13.3. The molecule has 27 heavy (non-hydrogen) atoms. The monoisotopic (exact) mass is 363 g/mol. The summed E-state index contributed by atoms with van der Waals surface area (Å²) in [5.41, 5.74) is 3.55. The Morgan fingerprint density at radius 1 is 1.11 bits per heavy atom. The number of carbonyl (C=O) groups is 1. The minimum Gasteiger partial charge on any atom is -0.494 e. The smallest absolute Gasteiger partial charge is 0.290 e. The Hall–Kier alpha value is -3.08. The summed E-state index contributed by atoms with van der Waals surface area (Å²) < 4.78 is 11.5. The van der Waals surface area contributed by atoms with Gasteiger partial charge in [-0.1, -0.05) is 12.1 Å². The van der Waals surface area contributed by atoms with Gasteiger partial charge >= 0.3 is 0 Å². The number of carbonyl (C=O) groups excluding carboxylic acids is 1. The van der Waals surface area contributed by atoms with Crippen molar-refractivity contribution in [1.29, 1.82) is 0 Å². The fraction of sp³-hybridized carbons (Fsp3) is 0.273. The molecule has 0 saturated heterocycles. The average Bonchev–Trinajstić information content (AvgIpc) is 2.89. The molecule has 5 nitrogen and oxygen atoms in total. The minimum atomic E-state index is -0.491. The van der Waals surface area contributed by atoms with Crippen LogP contribution in [0, 0.1) is 13.8 Å². The van der Waals surface area contributed by atoms with E-state index in [1.165, 1.54) is 0 Å². The third-order valence-corrected chi connectivity index (χ3v) is 5.20. The van der Waals surface area contributed by atoms with Gasteiger partial charge in [-0.2, -0.15) is 0 Å². The van der Waals surface area contributed by atoms with Crippen LogP contribution in [0.3, 0.4) is 0 Å². The van der Waals surface area contributed by atoms with Crippen LogP contribution in [0.1, 0.15) is 45.8 Å². The molecule has 1 unspecified atom stereocenters. The first-order valence-electron chi connectivity index (χ1n) is 9.00. The van der Waals surface area contributed by atoms with Gasteiger partial charge in [0.15, 0.2) is 5.43 Å². The predicted octanol–water partition coefficient (Wildman–Crippen LogP) is 3.98. The molecule has 1 aliphatic rings. The predicted molar refractivity (Wildman–Crippen MR) is 104 cm³/mol. The molecule has 0 fully saturated rings. The largest absolute Gasteiger partial charge is 0.494 e. The van der Waals surface area contributed by atoms with E-state index >= 15 is 0 Å².